The molecule has 1 aliphatic carbocycles. The molecular weight excluding hydrogens is 352 g/mol. The van der Waals surface area contributed by atoms with E-state index in [0.717, 1.165) is 42.6 Å². The third-order valence-corrected chi connectivity index (χ3v) is 8.13. The first-order valence-electron chi connectivity index (χ1n) is 11.9. The Morgan fingerprint density at radius 1 is 1.00 bits per heavy atom. The molecule has 2 aliphatic heterocycles. The predicted molar refractivity (Wildman–Crippen MR) is 112 cm³/mol. The first kappa shape index (κ1) is 22.5. The number of hydrogen-bond acceptors (Lipinski definition) is 4. The molecule has 0 spiro atoms. The molecule has 3 aliphatic rings. The molecule has 0 bridgehead atoms. The van der Waals surface area contributed by atoms with Crippen molar-refractivity contribution in [2.45, 2.75) is 104 Å². The third-order valence-electron chi connectivity index (χ3n) is 8.13. The van der Waals surface area contributed by atoms with Crippen LogP contribution < -0.4 is 0 Å². The van der Waals surface area contributed by atoms with E-state index in [4.69, 9.17) is 14.2 Å². The highest BCUT2D eigenvalue weighted by Crippen LogP contribution is 2.46. The molecule has 0 radical (unpaired) electrons. The molecule has 0 aromatic rings. The molecule has 1 N–H and O–H groups in total. The van der Waals surface area contributed by atoms with Gasteiger partial charge in [0.1, 0.15) is 0 Å². The maximum absolute atomic E-state index is 9.92. The van der Waals surface area contributed by atoms with Gasteiger partial charge in [-0.2, -0.15) is 0 Å². The zero-order valence-electron chi connectivity index (χ0n) is 18.8. The summed E-state index contributed by atoms with van der Waals surface area (Å²) in [4.78, 5) is 0. The van der Waals surface area contributed by atoms with Crippen LogP contribution in [-0.2, 0) is 14.2 Å². The topological polar surface area (TPSA) is 47.9 Å². The maximum atomic E-state index is 9.92. The fourth-order valence-electron chi connectivity index (χ4n) is 6.46. The van der Waals surface area contributed by atoms with Gasteiger partial charge in [-0.1, -0.05) is 27.2 Å². The van der Waals surface area contributed by atoms with Crippen LogP contribution in [0.1, 0.15) is 79.1 Å². The molecule has 6 unspecified atom stereocenters. The SMILES string of the molecule is CCC1C[C@H](C[C@H]2C(C)O[C@@H](O)CC2OC)CC(C)[C@@H]1CC1CCC(C)CO1. The van der Waals surface area contributed by atoms with Gasteiger partial charge in [0.15, 0.2) is 6.29 Å². The summed E-state index contributed by atoms with van der Waals surface area (Å²) in [6, 6.07) is 0. The number of rotatable bonds is 6. The first-order chi connectivity index (χ1) is 13.4. The third kappa shape index (κ3) is 5.50. The van der Waals surface area contributed by atoms with Crippen LogP contribution in [0.2, 0.25) is 0 Å². The summed E-state index contributed by atoms with van der Waals surface area (Å²) in [5.74, 6) is 4.24. The molecule has 4 heteroatoms. The van der Waals surface area contributed by atoms with Crippen LogP contribution in [0.3, 0.4) is 0 Å². The summed E-state index contributed by atoms with van der Waals surface area (Å²) < 4.78 is 17.7. The minimum atomic E-state index is -0.674. The van der Waals surface area contributed by atoms with E-state index in [2.05, 4.69) is 27.7 Å². The molecule has 0 aromatic carbocycles. The largest absolute Gasteiger partial charge is 0.381 e. The molecule has 4 nitrogen and oxygen atoms in total. The number of hydrogen-bond donors (Lipinski definition) is 1. The Hall–Kier alpha value is -0.160. The fourth-order valence-corrected chi connectivity index (χ4v) is 6.46. The van der Waals surface area contributed by atoms with Crippen molar-refractivity contribution in [3.05, 3.63) is 0 Å². The van der Waals surface area contributed by atoms with Gasteiger partial charge in [-0.25, -0.2) is 0 Å². The van der Waals surface area contributed by atoms with Crippen molar-refractivity contribution in [3.8, 4) is 0 Å². The second-order valence-corrected chi connectivity index (χ2v) is 10.2. The molecule has 28 heavy (non-hydrogen) atoms. The smallest absolute Gasteiger partial charge is 0.157 e. The van der Waals surface area contributed by atoms with Crippen LogP contribution in [0.15, 0.2) is 0 Å². The van der Waals surface area contributed by atoms with Gasteiger partial charge in [0.2, 0.25) is 0 Å². The first-order valence-corrected chi connectivity index (χ1v) is 11.9. The molecule has 10 atom stereocenters. The summed E-state index contributed by atoms with van der Waals surface area (Å²) in [5.41, 5.74) is 0. The van der Waals surface area contributed by atoms with Gasteiger partial charge in [0.25, 0.3) is 0 Å². The van der Waals surface area contributed by atoms with E-state index >= 15 is 0 Å². The van der Waals surface area contributed by atoms with Gasteiger partial charge in [-0.05, 0) is 75.0 Å². The van der Waals surface area contributed by atoms with Crippen LogP contribution in [0.4, 0.5) is 0 Å². The van der Waals surface area contributed by atoms with Crippen molar-refractivity contribution in [2.75, 3.05) is 13.7 Å². The number of aliphatic hydroxyl groups excluding tert-OH is 1. The second-order valence-electron chi connectivity index (χ2n) is 10.2. The highest BCUT2D eigenvalue weighted by molar-refractivity contribution is 4.90. The quantitative estimate of drug-likeness (QED) is 0.684. The van der Waals surface area contributed by atoms with Crippen molar-refractivity contribution in [1.82, 2.24) is 0 Å². The number of ether oxygens (including phenoxy) is 3. The lowest BCUT2D eigenvalue weighted by molar-refractivity contribution is -0.217. The Bertz CT molecular complexity index is 462. The Labute approximate surface area is 172 Å². The van der Waals surface area contributed by atoms with E-state index in [1.807, 2.05) is 0 Å². The summed E-state index contributed by atoms with van der Waals surface area (Å²) in [6.07, 6.45) is 9.52. The van der Waals surface area contributed by atoms with E-state index in [0.29, 0.717) is 18.4 Å². The van der Waals surface area contributed by atoms with Gasteiger partial charge in [-0.3, -0.25) is 0 Å². The van der Waals surface area contributed by atoms with E-state index in [9.17, 15) is 5.11 Å². The molecule has 2 heterocycles. The van der Waals surface area contributed by atoms with E-state index in [-0.39, 0.29) is 12.2 Å². The lowest BCUT2D eigenvalue weighted by Crippen LogP contribution is -2.45. The van der Waals surface area contributed by atoms with Crippen LogP contribution in [0.5, 0.6) is 0 Å². The van der Waals surface area contributed by atoms with E-state index in [1.165, 1.54) is 38.5 Å². The Balaban J connectivity index is 1.57. The Kier molecular flexibility index (Phi) is 8.23. The molecule has 164 valence electrons. The molecule has 0 aromatic heterocycles. The summed E-state index contributed by atoms with van der Waals surface area (Å²) in [6.45, 7) is 10.2. The molecule has 3 rings (SSSR count). The minimum Gasteiger partial charge on any atom is -0.381 e. The lowest BCUT2D eigenvalue weighted by Gasteiger charge is -2.45. The summed E-state index contributed by atoms with van der Waals surface area (Å²) >= 11 is 0. The number of aliphatic hydroxyl groups is 1. The van der Waals surface area contributed by atoms with Gasteiger partial charge in [0.05, 0.1) is 18.3 Å². The van der Waals surface area contributed by atoms with Crippen molar-refractivity contribution in [3.63, 3.8) is 0 Å². The van der Waals surface area contributed by atoms with Crippen LogP contribution in [0.25, 0.3) is 0 Å². The predicted octanol–water partition coefficient (Wildman–Crippen LogP) is 5.03. The molecule has 0 amide bonds. The van der Waals surface area contributed by atoms with Gasteiger partial charge < -0.3 is 19.3 Å². The molecular formula is C24H44O4. The lowest BCUT2D eigenvalue weighted by atomic mass is 9.63. The maximum Gasteiger partial charge on any atom is 0.157 e. The van der Waals surface area contributed by atoms with Crippen molar-refractivity contribution < 1.29 is 19.3 Å². The fraction of sp³-hybridized carbons (Fsp3) is 1.00. The molecule has 3 fully saturated rings. The minimum absolute atomic E-state index is 0.0689. The standard InChI is InChI=1S/C24H44O4/c1-6-19-10-18(11-22-17(4)28-24(25)13-23(22)26-5)9-16(3)21(19)12-20-8-7-15(2)14-27-20/h15-25H,6-14H2,1-5H3/t15?,16?,17?,18-,19?,20?,21+,22+,23?,24-/m1/s1. The van der Waals surface area contributed by atoms with Gasteiger partial charge in [0, 0.05) is 26.1 Å². The van der Waals surface area contributed by atoms with Crippen molar-refractivity contribution >= 4 is 0 Å². The van der Waals surface area contributed by atoms with Crippen LogP contribution in [-0.4, -0.2) is 43.4 Å². The van der Waals surface area contributed by atoms with Crippen LogP contribution >= 0.6 is 0 Å². The summed E-state index contributed by atoms with van der Waals surface area (Å²) in [7, 11) is 1.78. The van der Waals surface area contributed by atoms with Crippen molar-refractivity contribution in [2.24, 2.45) is 35.5 Å². The zero-order valence-corrected chi connectivity index (χ0v) is 18.8. The average molecular weight is 397 g/mol. The normalized spacial score (nSPS) is 47.8. The Morgan fingerprint density at radius 2 is 1.79 bits per heavy atom. The Morgan fingerprint density at radius 3 is 2.43 bits per heavy atom. The molecule has 2 saturated heterocycles. The van der Waals surface area contributed by atoms with Crippen LogP contribution in [0, 0.1) is 35.5 Å². The highest BCUT2D eigenvalue weighted by atomic mass is 16.6. The molecule has 1 saturated carbocycles. The number of methoxy groups -OCH3 is 1. The van der Waals surface area contributed by atoms with Crippen molar-refractivity contribution in [1.29, 1.82) is 0 Å². The second kappa shape index (κ2) is 10.2. The van der Waals surface area contributed by atoms with Gasteiger partial charge in [-0.15, -0.1) is 0 Å². The monoisotopic (exact) mass is 396 g/mol. The van der Waals surface area contributed by atoms with Gasteiger partial charge >= 0.3 is 0 Å². The van der Waals surface area contributed by atoms with E-state index < -0.39 is 6.29 Å². The van der Waals surface area contributed by atoms with E-state index in [1.54, 1.807) is 7.11 Å². The zero-order chi connectivity index (χ0) is 20.3. The average Bonchev–Trinajstić information content (AvgIpc) is 2.67. The highest BCUT2D eigenvalue weighted by Gasteiger charge is 2.41. The summed E-state index contributed by atoms with van der Waals surface area (Å²) in [5, 5.41) is 9.92.